The molecule has 0 bridgehead atoms. The van der Waals surface area contributed by atoms with Crippen LogP contribution in [0.3, 0.4) is 0 Å². The number of carbonyl (C=O) groups excluding carboxylic acids is 1. The summed E-state index contributed by atoms with van der Waals surface area (Å²) in [5.74, 6) is 1.41. The van der Waals surface area contributed by atoms with Gasteiger partial charge in [-0.05, 0) is 30.0 Å². The van der Waals surface area contributed by atoms with E-state index in [1.807, 2.05) is 12.1 Å². The highest BCUT2D eigenvalue weighted by atomic mass is 32.2. The van der Waals surface area contributed by atoms with Crippen molar-refractivity contribution in [3.8, 4) is 0 Å². The van der Waals surface area contributed by atoms with Gasteiger partial charge in [-0.25, -0.2) is 10.2 Å². The van der Waals surface area contributed by atoms with Crippen molar-refractivity contribution in [2.75, 3.05) is 5.75 Å². The fraction of sp³-hybridized carbons (Fsp3) is 0.364. The maximum absolute atomic E-state index is 11.2. The van der Waals surface area contributed by atoms with Gasteiger partial charge >= 0.3 is 6.03 Å². The van der Waals surface area contributed by atoms with Crippen molar-refractivity contribution in [3.05, 3.63) is 30.1 Å². The Kier molecular flexibility index (Phi) is 6.09. The molecular formula is C11H16N4OS. The summed E-state index contributed by atoms with van der Waals surface area (Å²) in [6.45, 7) is 4.18. The molecule has 0 aromatic carbocycles. The zero-order valence-electron chi connectivity index (χ0n) is 9.88. The van der Waals surface area contributed by atoms with Crippen LogP contribution in [0.15, 0.2) is 29.5 Å². The summed E-state index contributed by atoms with van der Waals surface area (Å²) in [6.07, 6.45) is 3.16. The Balaban J connectivity index is 2.22. The number of urea groups is 1. The Morgan fingerprint density at radius 2 is 2.41 bits per heavy atom. The molecule has 1 aromatic heterocycles. The molecule has 0 saturated carbocycles. The van der Waals surface area contributed by atoms with Gasteiger partial charge < -0.3 is 0 Å². The maximum atomic E-state index is 11.2. The third-order valence-electron chi connectivity index (χ3n) is 1.63. The molecule has 1 rings (SSSR count). The van der Waals surface area contributed by atoms with E-state index in [1.54, 1.807) is 12.3 Å². The van der Waals surface area contributed by atoms with Gasteiger partial charge in [0.25, 0.3) is 0 Å². The molecule has 0 radical (unpaired) electrons. The first-order valence-corrected chi connectivity index (χ1v) is 6.29. The molecular weight excluding hydrogens is 236 g/mol. The van der Waals surface area contributed by atoms with E-state index in [9.17, 15) is 4.79 Å². The number of hydrogen-bond donors (Lipinski definition) is 2. The molecule has 6 heteroatoms. The van der Waals surface area contributed by atoms with Gasteiger partial charge in [0.1, 0.15) is 0 Å². The SMILES string of the molecule is CC(C)CSNC(=O)N/N=C/c1ccccn1. The normalized spacial score (nSPS) is 10.8. The largest absolute Gasteiger partial charge is 0.345 e. The molecule has 5 nitrogen and oxygen atoms in total. The second kappa shape index (κ2) is 7.67. The summed E-state index contributed by atoms with van der Waals surface area (Å²) in [4.78, 5) is 15.3. The Morgan fingerprint density at radius 3 is 3.06 bits per heavy atom. The van der Waals surface area contributed by atoms with Gasteiger partial charge in [-0.15, -0.1) is 0 Å². The minimum atomic E-state index is -0.331. The summed E-state index contributed by atoms with van der Waals surface area (Å²) < 4.78 is 2.63. The molecule has 1 aromatic rings. The van der Waals surface area contributed by atoms with Crippen LogP contribution in [0.4, 0.5) is 4.79 Å². The van der Waals surface area contributed by atoms with Gasteiger partial charge in [0.05, 0.1) is 11.9 Å². The van der Waals surface area contributed by atoms with E-state index < -0.39 is 0 Å². The van der Waals surface area contributed by atoms with E-state index in [4.69, 9.17) is 0 Å². The highest BCUT2D eigenvalue weighted by Crippen LogP contribution is 2.02. The molecule has 17 heavy (non-hydrogen) atoms. The van der Waals surface area contributed by atoms with E-state index in [0.29, 0.717) is 11.6 Å². The van der Waals surface area contributed by atoms with Crippen LogP contribution in [0.2, 0.25) is 0 Å². The fourth-order valence-electron chi connectivity index (χ4n) is 0.906. The third kappa shape index (κ3) is 6.57. The number of hydrogen-bond acceptors (Lipinski definition) is 4. The van der Waals surface area contributed by atoms with Gasteiger partial charge in [0.15, 0.2) is 0 Å². The van der Waals surface area contributed by atoms with Gasteiger partial charge in [0.2, 0.25) is 0 Å². The molecule has 0 saturated heterocycles. The monoisotopic (exact) mass is 252 g/mol. The molecule has 0 aliphatic rings. The average Bonchev–Trinajstić information content (AvgIpc) is 2.30. The molecule has 0 spiro atoms. The van der Waals surface area contributed by atoms with Crippen LogP contribution in [-0.4, -0.2) is 23.0 Å². The second-order valence-corrected chi connectivity index (χ2v) is 4.59. The lowest BCUT2D eigenvalue weighted by Gasteiger charge is -2.04. The lowest BCUT2D eigenvalue weighted by atomic mass is 10.3. The summed E-state index contributed by atoms with van der Waals surface area (Å²) in [5, 5.41) is 3.78. The van der Waals surface area contributed by atoms with Crippen LogP contribution in [0, 0.1) is 5.92 Å². The first kappa shape index (κ1) is 13.5. The van der Waals surface area contributed by atoms with Crippen molar-refractivity contribution >= 4 is 24.2 Å². The zero-order valence-corrected chi connectivity index (χ0v) is 10.7. The number of nitrogens with zero attached hydrogens (tertiary/aromatic N) is 2. The number of carbonyl (C=O) groups is 1. The van der Waals surface area contributed by atoms with E-state index in [-0.39, 0.29) is 6.03 Å². The van der Waals surface area contributed by atoms with E-state index >= 15 is 0 Å². The first-order chi connectivity index (χ1) is 8.18. The number of hydrazone groups is 1. The van der Waals surface area contributed by atoms with Crippen LogP contribution in [0.1, 0.15) is 19.5 Å². The van der Waals surface area contributed by atoms with Crippen LogP contribution >= 0.6 is 11.9 Å². The average molecular weight is 252 g/mol. The molecule has 0 unspecified atom stereocenters. The Labute approximate surface area is 105 Å². The van der Waals surface area contributed by atoms with Gasteiger partial charge in [-0.1, -0.05) is 19.9 Å². The van der Waals surface area contributed by atoms with Crippen molar-refractivity contribution in [2.24, 2.45) is 11.0 Å². The summed E-state index contributed by atoms with van der Waals surface area (Å²) in [6, 6.07) is 5.15. The standard InChI is InChI=1S/C11H16N4OS/c1-9(2)8-17-15-11(16)14-13-7-10-5-3-4-6-12-10/h3-7,9H,8H2,1-2H3,(H2,14,15,16)/b13-7+. The van der Waals surface area contributed by atoms with Crippen molar-refractivity contribution in [1.29, 1.82) is 0 Å². The smallest absolute Gasteiger partial charge is 0.280 e. The fourth-order valence-corrected chi connectivity index (χ4v) is 1.50. The highest BCUT2D eigenvalue weighted by molar-refractivity contribution is 7.97. The summed E-state index contributed by atoms with van der Waals surface area (Å²) in [5.41, 5.74) is 3.06. The van der Waals surface area contributed by atoms with Crippen LogP contribution in [-0.2, 0) is 0 Å². The van der Waals surface area contributed by atoms with Crippen molar-refractivity contribution < 1.29 is 4.79 Å². The molecule has 0 atom stereocenters. The maximum Gasteiger partial charge on any atom is 0.345 e. The summed E-state index contributed by atoms with van der Waals surface area (Å²) in [7, 11) is 0. The number of rotatable bonds is 5. The number of amides is 2. The Morgan fingerprint density at radius 1 is 1.59 bits per heavy atom. The lowest BCUT2D eigenvalue weighted by Crippen LogP contribution is -2.27. The van der Waals surface area contributed by atoms with Crippen LogP contribution < -0.4 is 10.1 Å². The van der Waals surface area contributed by atoms with E-state index in [1.165, 1.54) is 18.2 Å². The quantitative estimate of drug-likeness (QED) is 0.478. The van der Waals surface area contributed by atoms with Gasteiger partial charge in [-0.3, -0.25) is 9.71 Å². The Bertz CT molecular complexity index is 367. The van der Waals surface area contributed by atoms with E-state index in [2.05, 4.69) is 34.1 Å². The molecule has 2 N–H and O–H groups in total. The minimum Gasteiger partial charge on any atom is -0.280 e. The van der Waals surface area contributed by atoms with Crippen LogP contribution in [0.25, 0.3) is 0 Å². The van der Waals surface area contributed by atoms with Gasteiger partial charge in [-0.2, -0.15) is 5.10 Å². The predicted octanol–water partition coefficient (Wildman–Crippen LogP) is 2.02. The van der Waals surface area contributed by atoms with E-state index in [0.717, 1.165) is 5.75 Å². The molecule has 92 valence electrons. The topological polar surface area (TPSA) is 66.4 Å². The molecule has 0 aliphatic carbocycles. The van der Waals surface area contributed by atoms with Crippen molar-refractivity contribution in [1.82, 2.24) is 15.1 Å². The lowest BCUT2D eigenvalue weighted by molar-refractivity contribution is 0.247. The second-order valence-electron chi connectivity index (χ2n) is 3.76. The first-order valence-electron chi connectivity index (χ1n) is 5.30. The van der Waals surface area contributed by atoms with Gasteiger partial charge in [0, 0.05) is 11.9 Å². The molecule has 0 aliphatic heterocycles. The highest BCUT2D eigenvalue weighted by Gasteiger charge is 1.99. The van der Waals surface area contributed by atoms with Crippen molar-refractivity contribution in [3.63, 3.8) is 0 Å². The third-order valence-corrected chi connectivity index (χ3v) is 2.80. The molecule has 1 heterocycles. The predicted molar refractivity (Wildman–Crippen MR) is 70.8 cm³/mol. The number of nitrogens with one attached hydrogen (secondary N) is 2. The van der Waals surface area contributed by atoms with Crippen LogP contribution in [0.5, 0.6) is 0 Å². The molecule has 0 fully saturated rings. The summed E-state index contributed by atoms with van der Waals surface area (Å²) >= 11 is 1.36. The number of pyridine rings is 1. The zero-order chi connectivity index (χ0) is 12.5. The molecule has 2 amide bonds. The number of aromatic nitrogens is 1. The minimum absolute atomic E-state index is 0.331. The Hall–Kier alpha value is -1.56. The van der Waals surface area contributed by atoms with Crippen molar-refractivity contribution in [2.45, 2.75) is 13.8 Å².